The Balaban J connectivity index is 1.88. The highest BCUT2D eigenvalue weighted by molar-refractivity contribution is 6.06. The van der Waals surface area contributed by atoms with Gasteiger partial charge in [-0.15, -0.1) is 0 Å². The number of hydrogen-bond acceptors (Lipinski definition) is 2. The number of carbonyl (C=O) groups is 1. The maximum atomic E-state index is 12.5. The molecule has 0 atom stereocenters. The van der Waals surface area contributed by atoms with Crippen molar-refractivity contribution in [3.8, 4) is 0 Å². The van der Waals surface area contributed by atoms with Gasteiger partial charge in [0.25, 0.3) is 5.91 Å². The molecule has 19 heavy (non-hydrogen) atoms. The minimum absolute atomic E-state index is 0.173. The van der Waals surface area contributed by atoms with Gasteiger partial charge in [-0.2, -0.15) is 0 Å². The third kappa shape index (κ3) is 1.81. The van der Waals surface area contributed by atoms with Gasteiger partial charge in [-0.25, -0.2) is 0 Å². The lowest BCUT2D eigenvalue weighted by Gasteiger charge is -2.31. The molecule has 4 rings (SSSR count). The zero-order chi connectivity index (χ0) is 12.8. The molecule has 1 saturated carbocycles. The Kier molecular flexibility index (Phi) is 2.34. The number of hydrogen-bond donors (Lipinski definition) is 0. The second-order valence-corrected chi connectivity index (χ2v) is 5.53. The van der Waals surface area contributed by atoms with E-state index in [1.54, 1.807) is 0 Å². The standard InChI is InChI=1S/C16H16N2O/c19-16(18-8-3-9-18)13-10-15(11-6-7-11)17-14-5-2-1-4-12(13)14/h1-2,4-5,10-11H,3,6-9H2. The van der Waals surface area contributed by atoms with E-state index in [2.05, 4.69) is 0 Å². The SMILES string of the molecule is O=C(c1cc(C2CC2)nc2ccccc12)N1CCC1. The Morgan fingerprint density at radius 2 is 2.00 bits per heavy atom. The van der Waals surface area contributed by atoms with Crippen LogP contribution in [0.4, 0.5) is 0 Å². The van der Waals surface area contributed by atoms with Crippen molar-refractivity contribution in [3.05, 3.63) is 41.6 Å². The van der Waals surface area contributed by atoms with Crippen molar-refractivity contribution in [2.75, 3.05) is 13.1 Å². The summed E-state index contributed by atoms with van der Waals surface area (Å²) >= 11 is 0. The first-order valence-corrected chi connectivity index (χ1v) is 7.02. The highest BCUT2D eigenvalue weighted by Gasteiger charge is 2.29. The molecule has 0 radical (unpaired) electrons. The number of nitrogens with zero attached hydrogens (tertiary/aromatic N) is 2. The molecule has 0 unspecified atom stereocenters. The molecule has 1 aliphatic carbocycles. The number of carbonyl (C=O) groups excluding carboxylic acids is 1. The quantitative estimate of drug-likeness (QED) is 0.823. The first kappa shape index (κ1) is 11.0. The summed E-state index contributed by atoms with van der Waals surface area (Å²) in [5, 5.41) is 0.990. The van der Waals surface area contributed by atoms with Crippen molar-refractivity contribution >= 4 is 16.8 Å². The average molecular weight is 252 g/mol. The van der Waals surface area contributed by atoms with Gasteiger partial charge in [0.1, 0.15) is 0 Å². The second kappa shape index (κ2) is 4.05. The van der Waals surface area contributed by atoms with Gasteiger partial charge in [0, 0.05) is 30.1 Å². The Hall–Kier alpha value is -1.90. The first-order valence-electron chi connectivity index (χ1n) is 7.02. The van der Waals surface area contributed by atoms with E-state index in [0.717, 1.165) is 41.7 Å². The predicted octanol–water partition coefficient (Wildman–Crippen LogP) is 2.96. The average Bonchev–Trinajstić information content (AvgIpc) is 3.19. The summed E-state index contributed by atoms with van der Waals surface area (Å²) in [4.78, 5) is 19.2. The number of pyridine rings is 1. The minimum Gasteiger partial charge on any atom is -0.338 e. The van der Waals surface area contributed by atoms with Crippen molar-refractivity contribution in [2.45, 2.75) is 25.2 Å². The molecule has 0 bridgehead atoms. The van der Waals surface area contributed by atoms with Crippen LogP contribution in [0.2, 0.25) is 0 Å². The van der Waals surface area contributed by atoms with E-state index < -0.39 is 0 Å². The fourth-order valence-electron chi connectivity index (χ4n) is 2.65. The number of amides is 1. The molecular formula is C16H16N2O. The number of rotatable bonds is 2. The van der Waals surface area contributed by atoms with Crippen LogP contribution in [0.5, 0.6) is 0 Å². The summed E-state index contributed by atoms with van der Waals surface area (Å²) in [6, 6.07) is 10.0. The van der Waals surface area contributed by atoms with Crippen LogP contribution in [0.25, 0.3) is 10.9 Å². The maximum Gasteiger partial charge on any atom is 0.254 e. The van der Waals surface area contributed by atoms with Gasteiger partial charge in [-0.3, -0.25) is 9.78 Å². The summed E-state index contributed by atoms with van der Waals surface area (Å²) in [7, 11) is 0. The summed E-state index contributed by atoms with van der Waals surface area (Å²) in [5.41, 5.74) is 2.89. The van der Waals surface area contributed by atoms with Gasteiger partial charge in [0.2, 0.25) is 0 Å². The smallest absolute Gasteiger partial charge is 0.254 e. The lowest BCUT2D eigenvalue weighted by molar-refractivity contribution is 0.0653. The Morgan fingerprint density at radius 1 is 1.21 bits per heavy atom. The van der Waals surface area contributed by atoms with E-state index in [0.29, 0.717) is 5.92 Å². The van der Waals surface area contributed by atoms with Gasteiger partial charge in [0.15, 0.2) is 0 Å². The van der Waals surface area contributed by atoms with Gasteiger partial charge < -0.3 is 4.90 Å². The molecule has 0 N–H and O–H groups in total. The molecule has 2 fully saturated rings. The molecule has 2 aromatic rings. The fraction of sp³-hybridized carbons (Fsp3) is 0.375. The largest absolute Gasteiger partial charge is 0.338 e. The van der Waals surface area contributed by atoms with Crippen LogP contribution >= 0.6 is 0 Å². The zero-order valence-electron chi connectivity index (χ0n) is 10.8. The number of aromatic nitrogens is 1. The predicted molar refractivity (Wildman–Crippen MR) is 74.2 cm³/mol. The van der Waals surface area contributed by atoms with Crippen molar-refractivity contribution in [3.63, 3.8) is 0 Å². The molecule has 1 saturated heterocycles. The Bertz CT molecular complexity index is 657. The molecule has 1 aliphatic heterocycles. The van der Waals surface area contributed by atoms with Crippen LogP contribution in [-0.2, 0) is 0 Å². The van der Waals surface area contributed by atoms with Crippen LogP contribution in [0, 0.1) is 0 Å². The summed E-state index contributed by atoms with van der Waals surface area (Å²) < 4.78 is 0. The molecule has 3 heteroatoms. The number of likely N-dealkylation sites (tertiary alicyclic amines) is 1. The number of benzene rings is 1. The molecule has 1 aromatic heterocycles. The van der Waals surface area contributed by atoms with E-state index in [-0.39, 0.29) is 5.91 Å². The van der Waals surface area contributed by atoms with Crippen LogP contribution in [0.3, 0.4) is 0 Å². The molecule has 3 nitrogen and oxygen atoms in total. The highest BCUT2D eigenvalue weighted by Crippen LogP contribution is 2.40. The van der Waals surface area contributed by atoms with E-state index in [4.69, 9.17) is 4.98 Å². The van der Waals surface area contributed by atoms with Gasteiger partial charge in [-0.1, -0.05) is 18.2 Å². The molecule has 0 spiro atoms. The lowest BCUT2D eigenvalue weighted by Crippen LogP contribution is -2.42. The van der Waals surface area contributed by atoms with E-state index in [9.17, 15) is 4.79 Å². The van der Waals surface area contributed by atoms with Crippen LogP contribution in [-0.4, -0.2) is 28.9 Å². The van der Waals surface area contributed by atoms with Crippen molar-refractivity contribution < 1.29 is 4.79 Å². The van der Waals surface area contributed by atoms with Crippen molar-refractivity contribution in [1.29, 1.82) is 0 Å². The normalized spacial score (nSPS) is 18.4. The third-order valence-corrected chi connectivity index (χ3v) is 4.11. The second-order valence-electron chi connectivity index (χ2n) is 5.53. The summed E-state index contributed by atoms with van der Waals surface area (Å²) in [6.45, 7) is 1.79. The van der Waals surface area contributed by atoms with Gasteiger partial charge in [-0.05, 0) is 31.4 Å². The highest BCUT2D eigenvalue weighted by atomic mass is 16.2. The molecule has 96 valence electrons. The van der Waals surface area contributed by atoms with Crippen LogP contribution in [0.1, 0.15) is 41.2 Å². The number of para-hydroxylation sites is 1. The zero-order valence-corrected chi connectivity index (χ0v) is 10.8. The van der Waals surface area contributed by atoms with E-state index >= 15 is 0 Å². The topological polar surface area (TPSA) is 33.2 Å². The van der Waals surface area contributed by atoms with E-state index in [1.165, 1.54) is 12.8 Å². The summed E-state index contributed by atoms with van der Waals surface area (Å²) in [5.74, 6) is 0.749. The maximum absolute atomic E-state index is 12.5. The Morgan fingerprint density at radius 3 is 2.68 bits per heavy atom. The summed E-state index contributed by atoms with van der Waals surface area (Å²) in [6.07, 6.45) is 3.55. The fourth-order valence-corrected chi connectivity index (χ4v) is 2.65. The van der Waals surface area contributed by atoms with Crippen LogP contribution in [0.15, 0.2) is 30.3 Å². The molecule has 1 aromatic carbocycles. The third-order valence-electron chi connectivity index (χ3n) is 4.11. The number of fused-ring (bicyclic) bond motifs is 1. The molecule has 2 heterocycles. The molecular weight excluding hydrogens is 236 g/mol. The Labute approximate surface area is 112 Å². The van der Waals surface area contributed by atoms with Gasteiger partial charge in [0.05, 0.1) is 11.1 Å². The first-order chi connectivity index (χ1) is 9.33. The van der Waals surface area contributed by atoms with Crippen molar-refractivity contribution in [2.24, 2.45) is 0 Å². The minimum atomic E-state index is 0.173. The van der Waals surface area contributed by atoms with Gasteiger partial charge >= 0.3 is 0 Å². The van der Waals surface area contributed by atoms with E-state index in [1.807, 2.05) is 35.2 Å². The molecule has 1 amide bonds. The van der Waals surface area contributed by atoms with Crippen molar-refractivity contribution in [1.82, 2.24) is 9.88 Å². The lowest BCUT2D eigenvalue weighted by atomic mass is 10.0. The monoisotopic (exact) mass is 252 g/mol. The molecule has 2 aliphatic rings. The van der Waals surface area contributed by atoms with Crippen LogP contribution < -0.4 is 0 Å².